The maximum Gasteiger partial charge on any atom is 0.237 e. The third-order valence-electron chi connectivity index (χ3n) is 3.66. The van der Waals surface area contributed by atoms with Gasteiger partial charge in [-0.2, -0.15) is 0 Å². The first-order chi connectivity index (χ1) is 10.7. The molecule has 3 aromatic rings. The van der Waals surface area contributed by atoms with Gasteiger partial charge in [0.2, 0.25) is 5.91 Å². The number of imidazole rings is 1. The number of amides is 1. The molecule has 1 amide bonds. The molecule has 0 saturated heterocycles. The molecular formula is C17H18N4O. The van der Waals surface area contributed by atoms with Crippen LogP contribution in [-0.2, 0) is 17.8 Å². The van der Waals surface area contributed by atoms with Crippen molar-refractivity contribution in [2.45, 2.75) is 19.0 Å². The van der Waals surface area contributed by atoms with Crippen LogP contribution in [0.15, 0.2) is 55.0 Å². The molecule has 112 valence electrons. The van der Waals surface area contributed by atoms with Gasteiger partial charge in [0.05, 0.1) is 12.4 Å². The standard InChI is InChI=1S/C17H18N4O/c18-16(8-14-10-19-11-21-14)17(22)20-9-13-6-3-5-12-4-1-2-7-15(12)13/h1-7,10-11,16H,8-9,18H2,(H,19,21)(H,20,22)/t16-/m1/s1. The summed E-state index contributed by atoms with van der Waals surface area (Å²) in [5.74, 6) is -0.164. The van der Waals surface area contributed by atoms with Gasteiger partial charge >= 0.3 is 0 Å². The van der Waals surface area contributed by atoms with Gasteiger partial charge < -0.3 is 16.0 Å². The Morgan fingerprint density at radius 3 is 2.86 bits per heavy atom. The average molecular weight is 294 g/mol. The van der Waals surface area contributed by atoms with Gasteiger partial charge in [-0.05, 0) is 16.3 Å². The molecule has 0 fully saturated rings. The lowest BCUT2D eigenvalue weighted by Gasteiger charge is -2.12. The predicted molar refractivity (Wildman–Crippen MR) is 86.1 cm³/mol. The zero-order chi connectivity index (χ0) is 15.4. The van der Waals surface area contributed by atoms with E-state index in [1.165, 1.54) is 0 Å². The van der Waals surface area contributed by atoms with E-state index in [2.05, 4.69) is 33.5 Å². The Balaban J connectivity index is 1.65. The van der Waals surface area contributed by atoms with Crippen molar-refractivity contribution in [3.8, 4) is 0 Å². The zero-order valence-electron chi connectivity index (χ0n) is 12.1. The van der Waals surface area contributed by atoms with Crippen LogP contribution in [-0.4, -0.2) is 21.9 Å². The minimum atomic E-state index is -0.588. The molecule has 1 heterocycles. The van der Waals surface area contributed by atoms with Crippen molar-refractivity contribution < 1.29 is 4.79 Å². The van der Waals surface area contributed by atoms with Crippen LogP contribution in [0.4, 0.5) is 0 Å². The molecule has 0 saturated carbocycles. The summed E-state index contributed by atoms with van der Waals surface area (Å²) in [5, 5.41) is 5.21. The summed E-state index contributed by atoms with van der Waals surface area (Å²) in [6.45, 7) is 0.469. The van der Waals surface area contributed by atoms with Crippen LogP contribution in [0, 0.1) is 0 Å². The molecule has 22 heavy (non-hydrogen) atoms. The van der Waals surface area contributed by atoms with Crippen molar-refractivity contribution in [2.75, 3.05) is 0 Å². The fourth-order valence-corrected chi connectivity index (χ4v) is 2.49. The van der Waals surface area contributed by atoms with Crippen LogP contribution in [0.3, 0.4) is 0 Å². The Labute approximate surface area is 128 Å². The molecule has 0 aliphatic heterocycles. The third-order valence-corrected chi connectivity index (χ3v) is 3.66. The normalized spacial score (nSPS) is 12.2. The Bertz CT molecular complexity index is 762. The lowest BCUT2D eigenvalue weighted by atomic mass is 10.0. The summed E-state index contributed by atoms with van der Waals surface area (Å²) in [6.07, 6.45) is 3.70. The monoisotopic (exact) mass is 294 g/mol. The molecule has 1 aromatic heterocycles. The number of hydrogen-bond donors (Lipinski definition) is 3. The van der Waals surface area contributed by atoms with E-state index < -0.39 is 6.04 Å². The van der Waals surface area contributed by atoms with Gasteiger partial charge in [0.1, 0.15) is 0 Å². The highest BCUT2D eigenvalue weighted by Crippen LogP contribution is 2.18. The van der Waals surface area contributed by atoms with Crippen molar-refractivity contribution in [3.63, 3.8) is 0 Å². The SMILES string of the molecule is N[C@H](Cc1cnc[nH]1)C(=O)NCc1cccc2ccccc12. The smallest absolute Gasteiger partial charge is 0.237 e. The highest BCUT2D eigenvalue weighted by molar-refractivity contribution is 5.86. The van der Waals surface area contributed by atoms with Crippen LogP contribution in [0.5, 0.6) is 0 Å². The molecule has 0 aliphatic rings. The third kappa shape index (κ3) is 3.15. The number of H-pyrrole nitrogens is 1. The summed E-state index contributed by atoms with van der Waals surface area (Å²) >= 11 is 0. The highest BCUT2D eigenvalue weighted by atomic mass is 16.2. The van der Waals surface area contributed by atoms with Crippen LogP contribution in [0.25, 0.3) is 10.8 Å². The van der Waals surface area contributed by atoms with E-state index in [0.717, 1.165) is 22.0 Å². The molecule has 2 aromatic carbocycles. The van der Waals surface area contributed by atoms with Gasteiger partial charge in [0.25, 0.3) is 0 Å². The summed E-state index contributed by atoms with van der Waals surface area (Å²) in [5.41, 5.74) is 7.86. The molecule has 0 unspecified atom stereocenters. The molecule has 1 atom stereocenters. The Morgan fingerprint density at radius 1 is 1.23 bits per heavy atom. The van der Waals surface area contributed by atoms with E-state index in [0.29, 0.717) is 13.0 Å². The number of benzene rings is 2. The fourth-order valence-electron chi connectivity index (χ4n) is 2.49. The summed E-state index contributed by atoms with van der Waals surface area (Å²) in [7, 11) is 0. The van der Waals surface area contributed by atoms with Crippen molar-refractivity contribution >= 4 is 16.7 Å². The molecule has 0 spiro atoms. The number of fused-ring (bicyclic) bond motifs is 1. The van der Waals surface area contributed by atoms with E-state index in [1.54, 1.807) is 12.5 Å². The first-order valence-corrected chi connectivity index (χ1v) is 7.21. The van der Waals surface area contributed by atoms with Gasteiger partial charge in [-0.3, -0.25) is 4.79 Å². The second kappa shape index (κ2) is 6.41. The van der Waals surface area contributed by atoms with E-state index in [-0.39, 0.29) is 5.91 Å². The summed E-state index contributed by atoms with van der Waals surface area (Å²) in [6, 6.07) is 13.6. The van der Waals surface area contributed by atoms with Gasteiger partial charge in [-0.15, -0.1) is 0 Å². The summed E-state index contributed by atoms with van der Waals surface area (Å²) < 4.78 is 0. The lowest BCUT2D eigenvalue weighted by molar-refractivity contribution is -0.122. The lowest BCUT2D eigenvalue weighted by Crippen LogP contribution is -2.41. The maximum absolute atomic E-state index is 12.1. The topological polar surface area (TPSA) is 83.8 Å². The van der Waals surface area contributed by atoms with Gasteiger partial charge in [0.15, 0.2) is 0 Å². The molecular weight excluding hydrogens is 276 g/mol. The minimum Gasteiger partial charge on any atom is -0.351 e. The number of nitrogens with two attached hydrogens (primary N) is 1. The van der Waals surface area contributed by atoms with Crippen molar-refractivity contribution in [1.82, 2.24) is 15.3 Å². The molecule has 4 N–H and O–H groups in total. The largest absolute Gasteiger partial charge is 0.351 e. The number of aromatic nitrogens is 2. The maximum atomic E-state index is 12.1. The quantitative estimate of drug-likeness (QED) is 0.670. The number of rotatable bonds is 5. The Kier molecular flexibility index (Phi) is 4.16. The number of hydrogen-bond acceptors (Lipinski definition) is 3. The Morgan fingerprint density at radius 2 is 2.05 bits per heavy atom. The van der Waals surface area contributed by atoms with E-state index >= 15 is 0 Å². The van der Waals surface area contributed by atoms with Crippen molar-refractivity contribution in [2.24, 2.45) is 5.73 Å². The fraction of sp³-hybridized carbons (Fsp3) is 0.176. The highest BCUT2D eigenvalue weighted by Gasteiger charge is 2.14. The second-order valence-corrected chi connectivity index (χ2v) is 5.24. The molecule has 5 heteroatoms. The number of carbonyl (C=O) groups excluding carboxylic acids is 1. The van der Waals surface area contributed by atoms with Crippen LogP contribution in [0.1, 0.15) is 11.3 Å². The van der Waals surface area contributed by atoms with Gasteiger partial charge in [0, 0.05) is 24.9 Å². The number of aromatic amines is 1. The molecule has 0 radical (unpaired) electrons. The first kappa shape index (κ1) is 14.3. The molecule has 0 bridgehead atoms. The van der Waals surface area contributed by atoms with Gasteiger partial charge in [-0.25, -0.2) is 4.98 Å². The van der Waals surface area contributed by atoms with Crippen molar-refractivity contribution in [3.05, 3.63) is 66.2 Å². The van der Waals surface area contributed by atoms with E-state index in [9.17, 15) is 4.79 Å². The molecule has 3 rings (SSSR count). The molecule has 5 nitrogen and oxygen atoms in total. The van der Waals surface area contributed by atoms with E-state index in [4.69, 9.17) is 5.73 Å². The number of nitrogens with zero attached hydrogens (tertiary/aromatic N) is 1. The minimum absolute atomic E-state index is 0.164. The van der Waals surface area contributed by atoms with Gasteiger partial charge in [-0.1, -0.05) is 42.5 Å². The van der Waals surface area contributed by atoms with Crippen LogP contribution in [0.2, 0.25) is 0 Å². The second-order valence-electron chi connectivity index (χ2n) is 5.24. The summed E-state index contributed by atoms with van der Waals surface area (Å²) in [4.78, 5) is 19.0. The van der Waals surface area contributed by atoms with Crippen LogP contribution < -0.4 is 11.1 Å². The Hall–Kier alpha value is -2.66. The first-order valence-electron chi connectivity index (χ1n) is 7.21. The van der Waals surface area contributed by atoms with Crippen molar-refractivity contribution in [1.29, 1.82) is 0 Å². The number of nitrogens with one attached hydrogen (secondary N) is 2. The van der Waals surface area contributed by atoms with E-state index in [1.807, 2.05) is 24.3 Å². The van der Waals surface area contributed by atoms with Crippen LogP contribution >= 0.6 is 0 Å². The zero-order valence-corrected chi connectivity index (χ0v) is 12.1. The molecule has 0 aliphatic carbocycles. The number of carbonyl (C=O) groups is 1. The average Bonchev–Trinajstić information content (AvgIpc) is 3.05. The predicted octanol–water partition coefficient (Wildman–Crippen LogP) is 1.75.